The molecule has 1 unspecified atom stereocenters. The van der Waals surface area contributed by atoms with Crippen molar-refractivity contribution in [2.75, 3.05) is 6.61 Å². The highest BCUT2D eigenvalue weighted by Crippen LogP contribution is 2.19. The van der Waals surface area contributed by atoms with Crippen molar-refractivity contribution in [1.29, 1.82) is 0 Å². The number of hydrogen-bond donors (Lipinski definition) is 2. The van der Waals surface area contributed by atoms with Gasteiger partial charge in [0.25, 0.3) is 0 Å². The third-order valence-corrected chi connectivity index (χ3v) is 4.19. The monoisotopic (exact) mass is 333 g/mol. The van der Waals surface area contributed by atoms with Crippen molar-refractivity contribution >= 4 is 5.91 Å². The fourth-order valence-corrected chi connectivity index (χ4v) is 2.74. The molecule has 1 aromatic carbocycles. The number of aliphatic hydroxyl groups excluding tert-OH is 1. The van der Waals surface area contributed by atoms with Crippen LogP contribution in [0.25, 0.3) is 5.69 Å². The fraction of sp³-hybridized carbons (Fsp3) is 0.444. The second kappa shape index (κ2) is 8.06. The minimum absolute atomic E-state index is 0.0183. The molecule has 130 valence electrons. The number of carbonyl (C=O) groups is 1. The van der Waals surface area contributed by atoms with E-state index >= 15 is 0 Å². The molecule has 0 aliphatic rings. The Morgan fingerprint density at radius 2 is 2.00 bits per heavy atom. The van der Waals surface area contributed by atoms with E-state index in [1.54, 1.807) is 16.8 Å². The van der Waals surface area contributed by atoms with E-state index in [0.717, 1.165) is 29.1 Å². The number of rotatable bonds is 7. The first kappa shape index (κ1) is 18.1. The summed E-state index contributed by atoms with van der Waals surface area (Å²) in [7, 11) is 0. The molecule has 0 aliphatic carbocycles. The summed E-state index contributed by atoms with van der Waals surface area (Å²) in [6, 6.07) is 6.08. The van der Waals surface area contributed by atoms with Gasteiger partial charge in [-0.3, -0.25) is 4.79 Å². The Labute approximate surface area is 141 Å². The van der Waals surface area contributed by atoms with Crippen LogP contribution in [0.3, 0.4) is 0 Å². The van der Waals surface area contributed by atoms with Crippen molar-refractivity contribution in [2.45, 2.75) is 46.1 Å². The summed E-state index contributed by atoms with van der Waals surface area (Å²) in [5.41, 5.74) is 3.28. The Kier molecular flexibility index (Phi) is 6.09. The van der Waals surface area contributed by atoms with Crippen LogP contribution in [0.5, 0.6) is 0 Å². The predicted molar refractivity (Wildman–Crippen MR) is 90.6 cm³/mol. The number of nitrogens with one attached hydrogen (secondary N) is 1. The number of amides is 1. The number of halogens is 1. The summed E-state index contributed by atoms with van der Waals surface area (Å²) < 4.78 is 14.8. The quantitative estimate of drug-likeness (QED) is 0.818. The van der Waals surface area contributed by atoms with Crippen molar-refractivity contribution in [3.63, 3.8) is 0 Å². The molecule has 0 saturated carbocycles. The van der Waals surface area contributed by atoms with E-state index in [0.29, 0.717) is 6.42 Å². The third kappa shape index (κ3) is 4.20. The lowest BCUT2D eigenvalue weighted by Crippen LogP contribution is -2.36. The Morgan fingerprint density at radius 3 is 2.58 bits per heavy atom. The molecule has 6 heteroatoms. The number of nitrogens with zero attached hydrogens (tertiary/aromatic N) is 2. The molecule has 0 spiro atoms. The van der Waals surface area contributed by atoms with Gasteiger partial charge in [0.2, 0.25) is 5.91 Å². The molecule has 2 rings (SSSR count). The molecule has 2 N–H and O–H groups in total. The topological polar surface area (TPSA) is 67.2 Å². The van der Waals surface area contributed by atoms with E-state index in [1.807, 2.05) is 20.8 Å². The van der Waals surface area contributed by atoms with Crippen LogP contribution < -0.4 is 5.32 Å². The van der Waals surface area contributed by atoms with Gasteiger partial charge in [0, 0.05) is 23.9 Å². The molecule has 1 amide bonds. The zero-order valence-electron chi connectivity index (χ0n) is 14.3. The van der Waals surface area contributed by atoms with Gasteiger partial charge in [0.15, 0.2) is 0 Å². The molecule has 1 aromatic heterocycles. The second-order valence-electron chi connectivity index (χ2n) is 5.90. The summed E-state index contributed by atoms with van der Waals surface area (Å²) in [6.45, 7) is 5.79. The van der Waals surface area contributed by atoms with E-state index in [2.05, 4.69) is 10.4 Å². The molecule has 24 heavy (non-hydrogen) atoms. The first-order valence-electron chi connectivity index (χ1n) is 8.17. The third-order valence-electron chi connectivity index (χ3n) is 4.19. The van der Waals surface area contributed by atoms with Gasteiger partial charge < -0.3 is 10.4 Å². The molecule has 1 heterocycles. The molecule has 5 nitrogen and oxygen atoms in total. The van der Waals surface area contributed by atoms with Crippen molar-refractivity contribution in [3.8, 4) is 5.69 Å². The van der Waals surface area contributed by atoms with Gasteiger partial charge in [-0.05, 0) is 51.0 Å². The fourth-order valence-electron chi connectivity index (χ4n) is 2.74. The van der Waals surface area contributed by atoms with Gasteiger partial charge in [0.05, 0.1) is 17.8 Å². The maximum atomic E-state index is 13.1. The molecule has 0 saturated heterocycles. The largest absolute Gasteiger partial charge is 0.396 e. The van der Waals surface area contributed by atoms with E-state index in [4.69, 9.17) is 5.11 Å². The van der Waals surface area contributed by atoms with Gasteiger partial charge in [0.1, 0.15) is 5.82 Å². The highest BCUT2D eigenvalue weighted by Gasteiger charge is 2.17. The van der Waals surface area contributed by atoms with Crippen LogP contribution in [-0.4, -0.2) is 33.4 Å². The predicted octanol–water partition coefficient (Wildman–Crippen LogP) is 2.45. The summed E-state index contributed by atoms with van der Waals surface area (Å²) in [6.07, 6.45) is 1.56. The molecule has 1 atom stereocenters. The van der Waals surface area contributed by atoms with Crippen LogP contribution in [0.2, 0.25) is 0 Å². The Hall–Kier alpha value is -2.21. The average Bonchev–Trinajstić information content (AvgIpc) is 2.83. The minimum atomic E-state index is -0.297. The summed E-state index contributed by atoms with van der Waals surface area (Å²) in [4.78, 5) is 12.3. The normalized spacial score (nSPS) is 12.2. The lowest BCUT2D eigenvalue weighted by Gasteiger charge is -2.15. The maximum absolute atomic E-state index is 13.1. The maximum Gasteiger partial charge on any atom is 0.224 e. The molecule has 2 aromatic rings. The number of carbonyl (C=O) groups excluding carboxylic acids is 1. The van der Waals surface area contributed by atoms with Gasteiger partial charge in [-0.2, -0.15) is 5.10 Å². The smallest absolute Gasteiger partial charge is 0.224 e. The summed E-state index contributed by atoms with van der Waals surface area (Å²) >= 11 is 0. The van der Waals surface area contributed by atoms with Crippen molar-refractivity contribution in [2.24, 2.45) is 0 Å². The highest BCUT2D eigenvalue weighted by molar-refractivity contribution is 5.79. The molecule has 0 radical (unpaired) electrons. The second-order valence-corrected chi connectivity index (χ2v) is 5.90. The molecule has 0 bridgehead atoms. The van der Waals surface area contributed by atoms with Gasteiger partial charge in [-0.25, -0.2) is 9.07 Å². The van der Waals surface area contributed by atoms with Crippen molar-refractivity contribution in [3.05, 3.63) is 47.0 Å². The standard InChI is InChI=1S/C18H24FN3O2/c1-4-15(9-10-23)20-18(24)11-17-12(2)21-22(13(17)3)16-7-5-14(19)6-8-16/h5-8,15,23H,4,9-11H2,1-3H3,(H,20,24). The Morgan fingerprint density at radius 1 is 1.33 bits per heavy atom. The number of aliphatic hydroxyl groups is 1. The van der Waals surface area contributed by atoms with Crippen molar-refractivity contribution in [1.82, 2.24) is 15.1 Å². The van der Waals surface area contributed by atoms with Crippen LogP contribution in [-0.2, 0) is 11.2 Å². The highest BCUT2D eigenvalue weighted by atomic mass is 19.1. The molecule has 0 aliphatic heterocycles. The molecular weight excluding hydrogens is 309 g/mol. The van der Waals surface area contributed by atoms with Crippen LogP contribution in [0, 0.1) is 19.7 Å². The Balaban J connectivity index is 2.17. The number of aryl methyl sites for hydroxylation is 1. The summed E-state index contributed by atoms with van der Waals surface area (Å²) in [5, 5.41) is 16.4. The van der Waals surface area contributed by atoms with Crippen LogP contribution in [0.1, 0.15) is 36.7 Å². The zero-order chi connectivity index (χ0) is 17.7. The first-order chi connectivity index (χ1) is 11.5. The number of hydrogen-bond acceptors (Lipinski definition) is 3. The summed E-state index contributed by atoms with van der Waals surface area (Å²) in [5.74, 6) is -0.380. The number of benzene rings is 1. The van der Waals surface area contributed by atoms with E-state index in [9.17, 15) is 9.18 Å². The lowest BCUT2D eigenvalue weighted by molar-refractivity contribution is -0.121. The minimum Gasteiger partial charge on any atom is -0.396 e. The average molecular weight is 333 g/mol. The SMILES string of the molecule is CCC(CCO)NC(=O)Cc1c(C)nn(-c2ccc(F)cc2)c1C. The van der Waals surface area contributed by atoms with E-state index in [1.165, 1.54) is 12.1 Å². The van der Waals surface area contributed by atoms with Crippen LogP contribution >= 0.6 is 0 Å². The molecular formula is C18H24FN3O2. The van der Waals surface area contributed by atoms with Crippen molar-refractivity contribution < 1.29 is 14.3 Å². The van der Waals surface area contributed by atoms with Crippen LogP contribution in [0.4, 0.5) is 4.39 Å². The zero-order valence-corrected chi connectivity index (χ0v) is 14.3. The Bertz CT molecular complexity index is 695. The number of aromatic nitrogens is 2. The van der Waals surface area contributed by atoms with Gasteiger partial charge in [-0.1, -0.05) is 6.92 Å². The van der Waals surface area contributed by atoms with Crippen LogP contribution in [0.15, 0.2) is 24.3 Å². The lowest BCUT2D eigenvalue weighted by atomic mass is 10.1. The van der Waals surface area contributed by atoms with E-state index < -0.39 is 0 Å². The molecule has 0 fully saturated rings. The van der Waals surface area contributed by atoms with E-state index in [-0.39, 0.29) is 30.8 Å². The van der Waals surface area contributed by atoms with Gasteiger partial charge in [-0.15, -0.1) is 0 Å². The van der Waals surface area contributed by atoms with Gasteiger partial charge >= 0.3 is 0 Å². The first-order valence-corrected chi connectivity index (χ1v) is 8.17.